The Labute approximate surface area is 198 Å². The molecule has 2 aromatic carbocycles. The fourth-order valence-electron chi connectivity index (χ4n) is 3.86. The molecular weight excluding hydrogens is 439 g/mol. The predicted octanol–water partition coefficient (Wildman–Crippen LogP) is 5.81. The first-order chi connectivity index (χ1) is 16.0. The number of methoxy groups -OCH3 is 1. The number of halogens is 1. The van der Waals surface area contributed by atoms with Crippen LogP contribution < -0.4 is 9.04 Å². The van der Waals surface area contributed by atoms with Crippen LogP contribution in [-0.4, -0.2) is 30.8 Å². The van der Waals surface area contributed by atoms with Gasteiger partial charge in [-0.05, 0) is 91.2 Å². The molecule has 7 heteroatoms. The van der Waals surface area contributed by atoms with Crippen LogP contribution in [0.2, 0.25) is 0 Å². The number of rotatable bonds is 9. The SMILES string of the molecule is COC(=O)c1ccc(COc2cc3c(cc2N(CC(C)F)Sc2cccnc2)CCC3)cc1. The number of fused-ring (bicyclic) bond motifs is 1. The zero-order valence-corrected chi connectivity index (χ0v) is 19.6. The molecule has 0 spiro atoms. The van der Waals surface area contributed by atoms with Crippen LogP contribution in [0.5, 0.6) is 5.75 Å². The van der Waals surface area contributed by atoms with E-state index in [4.69, 9.17) is 9.47 Å². The second-order valence-corrected chi connectivity index (χ2v) is 9.14. The number of anilines is 1. The van der Waals surface area contributed by atoms with Crippen molar-refractivity contribution < 1.29 is 18.7 Å². The highest BCUT2D eigenvalue weighted by Gasteiger charge is 2.22. The first-order valence-electron chi connectivity index (χ1n) is 11.0. The van der Waals surface area contributed by atoms with Crippen molar-refractivity contribution in [3.05, 3.63) is 83.2 Å². The van der Waals surface area contributed by atoms with Gasteiger partial charge < -0.3 is 13.8 Å². The molecule has 1 aromatic heterocycles. The molecule has 172 valence electrons. The molecule has 0 saturated carbocycles. The molecule has 1 aliphatic rings. The lowest BCUT2D eigenvalue weighted by molar-refractivity contribution is 0.0600. The molecule has 1 heterocycles. The van der Waals surface area contributed by atoms with Crippen LogP contribution in [0.1, 0.15) is 40.4 Å². The van der Waals surface area contributed by atoms with Gasteiger partial charge in [0.25, 0.3) is 0 Å². The standard InChI is InChI=1S/C26H27FN2O3S/c1-18(27)16-29(33-23-7-4-12-28-15-23)24-13-21-5-3-6-22(21)14-25(24)32-17-19-8-10-20(11-9-19)26(30)31-2/h4,7-15,18H,3,5-6,16-17H2,1-2H3. The van der Waals surface area contributed by atoms with E-state index in [1.165, 1.54) is 30.2 Å². The molecule has 3 aromatic rings. The Morgan fingerprint density at radius 2 is 1.94 bits per heavy atom. The van der Waals surface area contributed by atoms with Gasteiger partial charge in [-0.15, -0.1) is 0 Å². The number of alkyl halides is 1. The zero-order chi connectivity index (χ0) is 23.2. The number of esters is 1. The average molecular weight is 467 g/mol. The van der Waals surface area contributed by atoms with E-state index >= 15 is 0 Å². The van der Waals surface area contributed by atoms with Crippen molar-refractivity contribution in [2.24, 2.45) is 0 Å². The van der Waals surface area contributed by atoms with Crippen molar-refractivity contribution in [2.45, 2.75) is 43.9 Å². The first-order valence-corrected chi connectivity index (χ1v) is 11.8. The van der Waals surface area contributed by atoms with Gasteiger partial charge in [0.15, 0.2) is 0 Å². The minimum atomic E-state index is -1.01. The van der Waals surface area contributed by atoms with Crippen molar-refractivity contribution >= 4 is 23.6 Å². The lowest BCUT2D eigenvalue weighted by atomic mass is 10.1. The second kappa shape index (κ2) is 10.7. The second-order valence-electron chi connectivity index (χ2n) is 8.04. The molecule has 5 nitrogen and oxygen atoms in total. The van der Waals surface area contributed by atoms with Crippen molar-refractivity contribution in [2.75, 3.05) is 18.0 Å². The third-order valence-corrected chi connectivity index (χ3v) is 6.50. The van der Waals surface area contributed by atoms with Gasteiger partial charge in [0, 0.05) is 17.3 Å². The Balaban J connectivity index is 1.60. The summed E-state index contributed by atoms with van der Waals surface area (Å²) in [5.74, 6) is 0.358. The van der Waals surface area contributed by atoms with Gasteiger partial charge in [-0.1, -0.05) is 12.1 Å². The van der Waals surface area contributed by atoms with E-state index in [-0.39, 0.29) is 12.5 Å². The Morgan fingerprint density at radius 1 is 1.18 bits per heavy atom. The molecule has 0 bridgehead atoms. The highest BCUT2D eigenvalue weighted by atomic mass is 32.2. The lowest BCUT2D eigenvalue weighted by Gasteiger charge is -2.27. The summed E-state index contributed by atoms with van der Waals surface area (Å²) in [6.07, 6.45) is 5.64. The highest BCUT2D eigenvalue weighted by molar-refractivity contribution is 8.00. The molecule has 1 aliphatic carbocycles. The van der Waals surface area contributed by atoms with Crippen molar-refractivity contribution in [3.8, 4) is 5.75 Å². The summed E-state index contributed by atoms with van der Waals surface area (Å²) in [5.41, 5.74) is 4.87. The summed E-state index contributed by atoms with van der Waals surface area (Å²) < 4.78 is 27.2. The summed E-state index contributed by atoms with van der Waals surface area (Å²) in [6, 6.07) is 15.2. The van der Waals surface area contributed by atoms with Crippen LogP contribution in [0.15, 0.2) is 65.8 Å². The van der Waals surface area contributed by atoms with Crippen LogP contribution in [0.4, 0.5) is 10.1 Å². The number of pyridine rings is 1. The van der Waals surface area contributed by atoms with Gasteiger partial charge in [-0.2, -0.15) is 0 Å². The number of hydrogen-bond acceptors (Lipinski definition) is 6. The summed E-state index contributed by atoms with van der Waals surface area (Å²) in [6.45, 7) is 2.12. The zero-order valence-electron chi connectivity index (χ0n) is 18.8. The van der Waals surface area contributed by atoms with Gasteiger partial charge in [0.2, 0.25) is 0 Å². The van der Waals surface area contributed by atoms with Gasteiger partial charge >= 0.3 is 5.97 Å². The number of carbonyl (C=O) groups is 1. The maximum absolute atomic E-state index is 14.2. The van der Waals surface area contributed by atoms with E-state index in [2.05, 4.69) is 17.1 Å². The third-order valence-electron chi connectivity index (χ3n) is 5.48. The number of ether oxygens (including phenoxy) is 2. The largest absolute Gasteiger partial charge is 0.487 e. The lowest BCUT2D eigenvalue weighted by Crippen LogP contribution is -2.23. The third kappa shape index (κ3) is 5.85. The van der Waals surface area contributed by atoms with E-state index in [0.29, 0.717) is 12.2 Å². The van der Waals surface area contributed by atoms with Crippen LogP contribution >= 0.6 is 11.9 Å². The minimum Gasteiger partial charge on any atom is -0.487 e. The molecule has 1 atom stereocenters. The Bertz CT molecular complexity index is 1090. The van der Waals surface area contributed by atoms with E-state index in [1.807, 2.05) is 28.6 Å². The van der Waals surface area contributed by atoms with Crippen LogP contribution in [-0.2, 0) is 24.2 Å². The molecule has 0 aliphatic heterocycles. The number of carbonyl (C=O) groups excluding carboxylic acids is 1. The molecule has 0 saturated heterocycles. The van der Waals surface area contributed by atoms with Crippen molar-refractivity contribution in [1.29, 1.82) is 0 Å². The number of aromatic nitrogens is 1. The maximum atomic E-state index is 14.2. The Morgan fingerprint density at radius 3 is 2.61 bits per heavy atom. The molecular formula is C26H27FN2O3S. The molecule has 0 radical (unpaired) electrons. The van der Waals surface area contributed by atoms with Crippen molar-refractivity contribution in [1.82, 2.24) is 4.98 Å². The summed E-state index contributed by atoms with van der Waals surface area (Å²) >= 11 is 1.46. The molecule has 1 unspecified atom stereocenters. The smallest absolute Gasteiger partial charge is 0.337 e. The van der Waals surface area contributed by atoms with Crippen LogP contribution in [0.25, 0.3) is 0 Å². The quantitative estimate of drug-likeness (QED) is 0.293. The number of benzene rings is 2. The molecule has 4 rings (SSSR count). The van der Waals surface area contributed by atoms with Crippen LogP contribution in [0, 0.1) is 0 Å². The van der Waals surface area contributed by atoms with Crippen LogP contribution in [0.3, 0.4) is 0 Å². The first kappa shape index (κ1) is 23.1. The summed E-state index contributed by atoms with van der Waals surface area (Å²) in [7, 11) is 1.36. The number of nitrogens with zero attached hydrogens (tertiary/aromatic N) is 2. The highest BCUT2D eigenvalue weighted by Crippen LogP contribution is 2.40. The number of aryl methyl sites for hydroxylation is 2. The fourth-order valence-corrected chi connectivity index (χ4v) is 4.88. The van der Waals surface area contributed by atoms with Gasteiger partial charge in [-0.3, -0.25) is 4.98 Å². The van der Waals surface area contributed by atoms with Gasteiger partial charge in [0.05, 0.1) is 24.9 Å². The van der Waals surface area contributed by atoms with Gasteiger partial charge in [0.1, 0.15) is 18.5 Å². The fraction of sp³-hybridized carbons (Fsp3) is 0.308. The number of hydrogen-bond donors (Lipinski definition) is 0. The predicted molar refractivity (Wildman–Crippen MR) is 129 cm³/mol. The average Bonchev–Trinajstić information content (AvgIpc) is 3.29. The maximum Gasteiger partial charge on any atom is 0.337 e. The topological polar surface area (TPSA) is 51.7 Å². The Kier molecular flexibility index (Phi) is 7.50. The molecule has 0 fully saturated rings. The normalized spacial score (nSPS) is 13.3. The van der Waals surface area contributed by atoms with E-state index in [0.717, 1.165) is 41.2 Å². The monoisotopic (exact) mass is 466 g/mol. The summed E-state index contributed by atoms with van der Waals surface area (Å²) in [4.78, 5) is 16.8. The van der Waals surface area contributed by atoms with Gasteiger partial charge in [-0.25, -0.2) is 9.18 Å². The molecule has 33 heavy (non-hydrogen) atoms. The molecule has 0 amide bonds. The summed E-state index contributed by atoms with van der Waals surface area (Å²) in [5, 5.41) is 0. The van der Waals surface area contributed by atoms with E-state index in [9.17, 15) is 9.18 Å². The van der Waals surface area contributed by atoms with Crippen molar-refractivity contribution in [3.63, 3.8) is 0 Å². The Hall–Kier alpha value is -3.06. The molecule has 0 N–H and O–H groups in total. The van der Waals surface area contributed by atoms with E-state index < -0.39 is 6.17 Å². The minimum absolute atomic E-state index is 0.225. The van der Waals surface area contributed by atoms with E-state index in [1.54, 1.807) is 31.5 Å².